The van der Waals surface area contributed by atoms with Gasteiger partial charge in [-0.25, -0.2) is 0 Å². The van der Waals surface area contributed by atoms with Gasteiger partial charge in [-0.1, -0.05) is 6.92 Å². The standard InChI is InChI=1S/C13H20O3S/c1-9(8-17-4)13(14)11-7-10(15-2)5-6-12(11)16-3/h5-7,9,13-14H,8H2,1-4H3. The van der Waals surface area contributed by atoms with Crippen molar-refractivity contribution in [2.75, 3.05) is 26.2 Å². The number of rotatable bonds is 6. The fourth-order valence-corrected chi connectivity index (χ4v) is 2.44. The summed E-state index contributed by atoms with van der Waals surface area (Å²) in [5, 5.41) is 10.3. The van der Waals surface area contributed by atoms with Crippen LogP contribution < -0.4 is 9.47 Å². The summed E-state index contributed by atoms with van der Waals surface area (Å²) in [6.45, 7) is 2.03. The van der Waals surface area contributed by atoms with Crippen molar-refractivity contribution in [3.05, 3.63) is 23.8 Å². The van der Waals surface area contributed by atoms with Crippen LogP contribution in [0.3, 0.4) is 0 Å². The Hall–Kier alpha value is -0.870. The third-order valence-corrected chi connectivity index (χ3v) is 3.58. The van der Waals surface area contributed by atoms with Crippen molar-refractivity contribution >= 4 is 11.8 Å². The van der Waals surface area contributed by atoms with Crippen LogP contribution in [0.25, 0.3) is 0 Å². The zero-order valence-electron chi connectivity index (χ0n) is 10.8. The Morgan fingerprint density at radius 2 is 2.00 bits per heavy atom. The average Bonchev–Trinajstić information content (AvgIpc) is 2.37. The van der Waals surface area contributed by atoms with E-state index in [2.05, 4.69) is 0 Å². The summed E-state index contributed by atoms with van der Waals surface area (Å²) in [5.41, 5.74) is 0.786. The van der Waals surface area contributed by atoms with Crippen LogP contribution in [0.1, 0.15) is 18.6 Å². The summed E-state index contributed by atoms with van der Waals surface area (Å²) < 4.78 is 10.4. The zero-order chi connectivity index (χ0) is 12.8. The van der Waals surface area contributed by atoms with Gasteiger partial charge in [0.05, 0.1) is 20.3 Å². The number of hydrogen-bond donors (Lipinski definition) is 1. The molecule has 0 fully saturated rings. The maximum absolute atomic E-state index is 10.3. The van der Waals surface area contributed by atoms with Crippen molar-refractivity contribution in [1.29, 1.82) is 0 Å². The third kappa shape index (κ3) is 3.54. The van der Waals surface area contributed by atoms with Crippen LogP contribution >= 0.6 is 11.8 Å². The lowest BCUT2D eigenvalue weighted by atomic mass is 9.98. The molecule has 0 radical (unpaired) electrons. The van der Waals surface area contributed by atoms with Crippen LogP contribution in [-0.2, 0) is 0 Å². The molecule has 2 unspecified atom stereocenters. The molecule has 4 heteroatoms. The lowest BCUT2D eigenvalue weighted by Gasteiger charge is -2.21. The van der Waals surface area contributed by atoms with Gasteiger partial charge in [-0.2, -0.15) is 11.8 Å². The molecule has 1 aromatic rings. The Bertz CT molecular complexity index is 355. The van der Waals surface area contributed by atoms with Crippen LogP contribution in [0, 0.1) is 5.92 Å². The highest BCUT2D eigenvalue weighted by atomic mass is 32.2. The molecule has 0 aromatic heterocycles. The first-order valence-electron chi connectivity index (χ1n) is 5.53. The van der Waals surface area contributed by atoms with E-state index in [1.165, 1.54) is 0 Å². The number of aliphatic hydroxyl groups excluding tert-OH is 1. The van der Waals surface area contributed by atoms with Crippen LogP contribution in [0.5, 0.6) is 11.5 Å². The monoisotopic (exact) mass is 256 g/mol. The summed E-state index contributed by atoms with van der Waals surface area (Å²) >= 11 is 1.72. The molecular formula is C13H20O3S. The summed E-state index contributed by atoms with van der Waals surface area (Å²) in [4.78, 5) is 0. The molecule has 1 aromatic carbocycles. The van der Waals surface area contributed by atoms with Crippen LogP contribution in [0.4, 0.5) is 0 Å². The zero-order valence-corrected chi connectivity index (χ0v) is 11.6. The fourth-order valence-electron chi connectivity index (χ4n) is 1.73. The molecule has 0 aliphatic heterocycles. The van der Waals surface area contributed by atoms with E-state index in [4.69, 9.17) is 9.47 Å². The predicted molar refractivity (Wildman–Crippen MR) is 72.1 cm³/mol. The number of hydrogen-bond acceptors (Lipinski definition) is 4. The topological polar surface area (TPSA) is 38.7 Å². The van der Waals surface area contributed by atoms with Crippen molar-refractivity contribution in [1.82, 2.24) is 0 Å². The molecule has 0 aliphatic carbocycles. The van der Waals surface area contributed by atoms with Crippen LogP contribution in [0.15, 0.2) is 18.2 Å². The minimum atomic E-state index is -0.535. The summed E-state index contributed by atoms with van der Waals surface area (Å²) in [5.74, 6) is 2.51. The van der Waals surface area contributed by atoms with Crippen LogP contribution in [-0.4, -0.2) is 31.3 Å². The molecule has 0 saturated heterocycles. The molecule has 2 atom stereocenters. The quantitative estimate of drug-likeness (QED) is 0.849. The van der Waals surface area contributed by atoms with Gasteiger partial charge in [-0.3, -0.25) is 0 Å². The molecule has 1 N–H and O–H groups in total. The molecule has 1 rings (SSSR count). The van der Waals surface area contributed by atoms with E-state index < -0.39 is 6.10 Å². The second-order valence-corrected chi connectivity index (χ2v) is 4.90. The molecule has 0 saturated carbocycles. The molecule has 0 amide bonds. The number of thioether (sulfide) groups is 1. The van der Waals surface area contributed by atoms with Gasteiger partial charge < -0.3 is 14.6 Å². The molecule has 0 aliphatic rings. The number of methoxy groups -OCH3 is 2. The van der Waals surface area contributed by atoms with Gasteiger partial charge in [0.15, 0.2) is 0 Å². The van der Waals surface area contributed by atoms with Crippen molar-refractivity contribution < 1.29 is 14.6 Å². The first-order chi connectivity index (χ1) is 8.13. The second kappa shape index (κ2) is 6.77. The largest absolute Gasteiger partial charge is 0.497 e. The van der Waals surface area contributed by atoms with E-state index in [-0.39, 0.29) is 5.92 Å². The van der Waals surface area contributed by atoms with Gasteiger partial charge in [0.2, 0.25) is 0 Å². The van der Waals surface area contributed by atoms with Gasteiger partial charge in [-0.05, 0) is 36.1 Å². The Kier molecular flexibility index (Phi) is 5.65. The molecule has 3 nitrogen and oxygen atoms in total. The van der Waals surface area contributed by atoms with E-state index in [9.17, 15) is 5.11 Å². The smallest absolute Gasteiger partial charge is 0.124 e. The number of ether oxygens (including phenoxy) is 2. The lowest BCUT2D eigenvalue weighted by molar-refractivity contribution is 0.125. The Morgan fingerprint density at radius 3 is 2.53 bits per heavy atom. The van der Waals surface area contributed by atoms with Gasteiger partial charge in [0.25, 0.3) is 0 Å². The maximum atomic E-state index is 10.3. The van der Waals surface area contributed by atoms with Gasteiger partial charge in [-0.15, -0.1) is 0 Å². The molecule has 0 bridgehead atoms. The Morgan fingerprint density at radius 1 is 1.29 bits per heavy atom. The highest BCUT2D eigenvalue weighted by Crippen LogP contribution is 2.33. The van der Waals surface area contributed by atoms with Crippen molar-refractivity contribution in [2.45, 2.75) is 13.0 Å². The third-order valence-electron chi connectivity index (χ3n) is 2.72. The van der Waals surface area contributed by atoms with E-state index >= 15 is 0 Å². The number of benzene rings is 1. The van der Waals surface area contributed by atoms with E-state index in [0.717, 1.165) is 17.1 Å². The SMILES string of the molecule is COc1ccc(OC)c(C(O)C(C)CSC)c1. The molecule has 17 heavy (non-hydrogen) atoms. The summed E-state index contributed by atoms with van der Waals surface area (Å²) in [6, 6.07) is 5.48. The molecule has 0 spiro atoms. The van der Waals surface area contributed by atoms with E-state index in [1.807, 2.05) is 31.4 Å². The highest BCUT2D eigenvalue weighted by Gasteiger charge is 2.20. The Balaban J connectivity index is 3.00. The van der Waals surface area contributed by atoms with Crippen LogP contribution in [0.2, 0.25) is 0 Å². The maximum Gasteiger partial charge on any atom is 0.124 e. The minimum absolute atomic E-state index is 0.172. The normalized spacial score (nSPS) is 14.2. The summed E-state index contributed by atoms with van der Waals surface area (Å²) in [6.07, 6.45) is 1.50. The minimum Gasteiger partial charge on any atom is -0.497 e. The van der Waals surface area contributed by atoms with Crippen molar-refractivity contribution in [2.24, 2.45) is 5.92 Å². The van der Waals surface area contributed by atoms with Crippen molar-refractivity contribution in [3.63, 3.8) is 0 Å². The van der Waals surface area contributed by atoms with E-state index in [0.29, 0.717) is 5.75 Å². The highest BCUT2D eigenvalue weighted by molar-refractivity contribution is 7.98. The first-order valence-corrected chi connectivity index (χ1v) is 6.92. The summed E-state index contributed by atoms with van der Waals surface area (Å²) in [7, 11) is 3.22. The van der Waals surface area contributed by atoms with E-state index in [1.54, 1.807) is 26.0 Å². The Labute approximate surface area is 107 Å². The molecule has 0 heterocycles. The molecule has 96 valence electrons. The average molecular weight is 256 g/mol. The van der Waals surface area contributed by atoms with Gasteiger partial charge in [0, 0.05) is 5.56 Å². The lowest BCUT2D eigenvalue weighted by Crippen LogP contribution is -2.12. The van der Waals surface area contributed by atoms with Gasteiger partial charge >= 0.3 is 0 Å². The fraction of sp³-hybridized carbons (Fsp3) is 0.538. The number of aliphatic hydroxyl groups is 1. The first kappa shape index (κ1) is 14.2. The second-order valence-electron chi connectivity index (χ2n) is 3.99. The molecular weight excluding hydrogens is 236 g/mol. The van der Waals surface area contributed by atoms with Crippen molar-refractivity contribution in [3.8, 4) is 11.5 Å². The van der Waals surface area contributed by atoms with Gasteiger partial charge in [0.1, 0.15) is 11.5 Å². The predicted octanol–water partition coefficient (Wildman–Crippen LogP) is 2.74.